The molecule has 9 rings (SSSR count). The lowest BCUT2D eigenvalue weighted by Gasteiger charge is -2.38. The summed E-state index contributed by atoms with van der Waals surface area (Å²) in [7, 11) is 0. The van der Waals surface area contributed by atoms with Crippen molar-refractivity contribution in [3.63, 3.8) is 0 Å². The van der Waals surface area contributed by atoms with Crippen molar-refractivity contribution in [2.45, 2.75) is 39.5 Å². The molecule has 2 fully saturated rings. The Bertz CT molecular complexity index is 2130. The predicted octanol–water partition coefficient (Wildman–Crippen LogP) is 8.34. The lowest BCUT2D eigenvalue weighted by Crippen LogP contribution is -2.41. The molecule has 5 aromatic rings. The maximum absolute atomic E-state index is 6.37. The standard InChI is InChI=1S/C40H40N4O2S4/c1-3-5-11-43-37(47)25-9-7-23-31-24(8-10-26(32(25)31)38(43)48)35-30(42-15-19-46-20-16-42)22-28-33-27(39(49)44(40(28)50)12-6-4-2)21-29(34(23)36(33)35)41-13-17-45-18-14-41/h7-10,21-22H,3-6,11-20H2,1-2H3. The Kier molecular flexibility index (Phi) is 8.41. The largest absolute Gasteiger partial charge is 0.378 e. The van der Waals surface area contributed by atoms with Crippen molar-refractivity contribution in [1.29, 1.82) is 0 Å². The highest BCUT2D eigenvalue weighted by atomic mass is 32.1. The van der Waals surface area contributed by atoms with Crippen LogP contribution in [0, 0.1) is 0 Å². The molecule has 4 aliphatic rings. The molecule has 4 heterocycles. The Balaban J connectivity index is 1.45. The molecule has 2 saturated heterocycles. The molecule has 0 aliphatic carbocycles. The normalized spacial score (nSPS) is 18.3. The molecular weight excluding hydrogens is 697 g/mol. The van der Waals surface area contributed by atoms with Crippen LogP contribution in [-0.4, -0.2) is 95.4 Å². The summed E-state index contributed by atoms with van der Waals surface area (Å²) in [6.45, 7) is 12.2. The first-order valence-corrected chi connectivity index (χ1v) is 19.7. The minimum Gasteiger partial charge on any atom is -0.378 e. The molecule has 4 aliphatic heterocycles. The highest BCUT2D eigenvalue weighted by Gasteiger charge is 2.36. The summed E-state index contributed by atoms with van der Waals surface area (Å²) in [5, 5.41) is 9.82. The maximum Gasteiger partial charge on any atom is 0.114 e. The second kappa shape index (κ2) is 12.8. The van der Waals surface area contributed by atoms with Crippen LogP contribution in [-0.2, 0) is 9.47 Å². The number of nitrogens with zero attached hydrogens (tertiary/aromatic N) is 4. The van der Waals surface area contributed by atoms with Crippen LogP contribution in [0.4, 0.5) is 11.4 Å². The van der Waals surface area contributed by atoms with Crippen molar-refractivity contribution < 1.29 is 9.47 Å². The summed E-state index contributed by atoms with van der Waals surface area (Å²) < 4.78 is 11.8. The van der Waals surface area contributed by atoms with E-state index in [4.69, 9.17) is 58.3 Å². The van der Waals surface area contributed by atoms with Gasteiger partial charge >= 0.3 is 0 Å². The van der Waals surface area contributed by atoms with Crippen molar-refractivity contribution in [1.82, 2.24) is 9.80 Å². The Morgan fingerprint density at radius 1 is 0.500 bits per heavy atom. The average molecular weight is 737 g/mol. The van der Waals surface area contributed by atoms with E-state index in [-0.39, 0.29) is 0 Å². The number of unbranched alkanes of at least 4 members (excludes halogenated alkanes) is 2. The molecule has 0 amide bonds. The minimum absolute atomic E-state index is 0.696. The summed E-state index contributed by atoms with van der Waals surface area (Å²) >= 11 is 25.2. The van der Waals surface area contributed by atoms with Crippen molar-refractivity contribution in [2.75, 3.05) is 75.5 Å². The summed E-state index contributed by atoms with van der Waals surface area (Å²) in [6, 6.07) is 13.9. The number of fused-ring (bicyclic) bond motifs is 2. The molecule has 50 heavy (non-hydrogen) atoms. The van der Waals surface area contributed by atoms with Crippen LogP contribution in [0.25, 0.3) is 43.1 Å². The Labute approximate surface area is 314 Å². The second-order valence-electron chi connectivity index (χ2n) is 13.9. The van der Waals surface area contributed by atoms with E-state index in [1.807, 2.05) is 0 Å². The molecule has 0 aromatic heterocycles. The van der Waals surface area contributed by atoms with E-state index in [1.165, 1.54) is 54.5 Å². The zero-order valence-electron chi connectivity index (χ0n) is 28.6. The Morgan fingerprint density at radius 2 is 0.900 bits per heavy atom. The summed E-state index contributed by atoms with van der Waals surface area (Å²) in [5.74, 6) is 0. The number of benzene rings is 5. The van der Waals surface area contributed by atoms with Gasteiger partial charge in [-0.1, -0.05) is 99.8 Å². The fraction of sp³-hybridized carbons (Fsp3) is 0.400. The van der Waals surface area contributed by atoms with E-state index in [9.17, 15) is 0 Å². The predicted molar refractivity (Wildman–Crippen MR) is 224 cm³/mol. The van der Waals surface area contributed by atoms with Crippen LogP contribution in [0.5, 0.6) is 0 Å². The summed E-state index contributed by atoms with van der Waals surface area (Å²) in [6.07, 6.45) is 4.24. The first kappa shape index (κ1) is 32.8. The highest BCUT2D eigenvalue weighted by molar-refractivity contribution is 7.83. The Morgan fingerprint density at radius 3 is 1.32 bits per heavy atom. The van der Waals surface area contributed by atoms with Crippen LogP contribution < -0.4 is 9.80 Å². The van der Waals surface area contributed by atoms with E-state index in [2.05, 4.69) is 69.8 Å². The number of hydrogen-bond acceptors (Lipinski definition) is 8. The molecule has 0 radical (unpaired) electrons. The van der Waals surface area contributed by atoms with E-state index >= 15 is 0 Å². The number of rotatable bonds is 8. The minimum atomic E-state index is 0.696. The van der Waals surface area contributed by atoms with Gasteiger partial charge in [0.2, 0.25) is 0 Å². The maximum atomic E-state index is 6.37. The molecule has 10 heteroatoms. The first-order valence-electron chi connectivity index (χ1n) is 18.1. The molecular formula is C40H40N4O2S4. The van der Waals surface area contributed by atoms with Crippen molar-refractivity contribution >= 4 is 123 Å². The highest BCUT2D eigenvalue weighted by Crippen LogP contribution is 2.52. The van der Waals surface area contributed by atoms with Crippen molar-refractivity contribution in [3.8, 4) is 0 Å². The van der Waals surface area contributed by atoms with Crippen LogP contribution in [0.2, 0.25) is 0 Å². The summed E-state index contributed by atoms with van der Waals surface area (Å²) in [4.78, 5) is 12.7. The zero-order chi connectivity index (χ0) is 34.3. The molecule has 0 unspecified atom stereocenters. The van der Waals surface area contributed by atoms with Crippen LogP contribution in [0.3, 0.4) is 0 Å². The monoisotopic (exact) mass is 736 g/mol. The van der Waals surface area contributed by atoms with Crippen molar-refractivity contribution in [3.05, 3.63) is 58.7 Å². The molecule has 5 aromatic carbocycles. The third-order valence-corrected chi connectivity index (χ3v) is 12.9. The van der Waals surface area contributed by atoms with Crippen LogP contribution >= 0.6 is 48.9 Å². The smallest absolute Gasteiger partial charge is 0.114 e. The number of hydrogen-bond donors (Lipinski definition) is 0. The van der Waals surface area contributed by atoms with Gasteiger partial charge in [-0.05, 0) is 41.1 Å². The van der Waals surface area contributed by atoms with E-state index in [1.54, 1.807) is 0 Å². The van der Waals surface area contributed by atoms with Gasteiger partial charge < -0.3 is 29.1 Å². The number of thiocarbonyl (C=S) groups is 4. The molecule has 0 spiro atoms. The van der Waals surface area contributed by atoms with Gasteiger partial charge in [-0.25, -0.2) is 0 Å². The van der Waals surface area contributed by atoms with Gasteiger partial charge in [-0.3, -0.25) is 0 Å². The van der Waals surface area contributed by atoms with Crippen LogP contribution in [0.1, 0.15) is 61.8 Å². The van der Waals surface area contributed by atoms with Gasteiger partial charge in [0.1, 0.15) is 20.0 Å². The van der Waals surface area contributed by atoms with Crippen LogP contribution in [0.15, 0.2) is 36.4 Å². The molecule has 0 atom stereocenters. The zero-order valence-corrected chi connectivity index (χ0v) is 31.9. The van der Waals surface area contributed by atoms with Gasteiger partial charge in [0.25, 0.3) is 0 Å². The summed E-state index contributed by atoms with van der Waals surface area (Å²) in [5.41, 5.74) is 6.85. The van der Waals surface area contributed by atoms with Crippen molar-refractivity contribution in [2.24, 2.45) is 0 Å². The number of anilines is 2. The van der Waals surface area contributed by atoms with Gasteiger partial charge in [0.15, 0.2) is 0 Å². The third kappa shape index (κ3) is 4.75. The molecule has 0 bridgehead atoms. The van der Waals surface area contributed by atoms with Gasteiger partial charge in [-0.15, -0.1) is 0 Å². The SMILES string of the molecule is CCCCN1C(=S)c2ccc3c4c(N5CCOCC5)cc5c6c(cc(N7CCOCC7)c(c7ccc(c2c37)C1=S)c64)C(=S)N(CCCC)C5=S. The van der Waals surface area contributed by atoms with Gasteiger partial charge in [-0.2, -0.15) is 0 Å². The Hall–Kier alpha value is -3.12. The quantitative estimate of drug-likeness (QED) is 0.0881. The van der Waals surface area contributed by atoms with Gasteiger partial charge in [0.05, 0.1) is 26.4 Å². The van der Waals surface area contributed by atoms with E-state index < -0.39 is 0 Å². The molecule has 6 nitrogen and oxygen atoms in total. The third-order valence-electron chi connectivity index (χ3n) is 11.1. The fourth-order valence-electron chi connectivity index (χ4n) is 8.67. The topological polar surface area (TPSA) is 31.4 Å². The second-order valence-corrected chi connectivity index (χ2v) is 15.4. The van der Waals surface area contributed by atoms with E-state index in [0.29, 0.717) is 26.4 Å². The first-order chi connectivity index (χ1) is 24.4. The van der Waals surface area contributed by atoms with E-state index in [0.717, 1.165) is 107 Å². The molecule has 0 saturated carbocycles. The average Bonchev–Trinajstić information content (AvgIpc) is 3.15. The number of ether oxygens (including phenoxy) is 2. The van der Waals surface area contributed by atoms with Gasteiger partial charge in [0, 0.05) is 99.8 Å². The fourth-order valence-corrected chi connectivity index (χ4v) is 10.2. The lowest BCUT2D eigenvalue weighted by atomic mass is 9.81. The molecule has 0 N–H and O–H groups in total. The number of morpholine rings is 2. The molecule has 256 valence electrons. The lowest BCUT2D eigenvalue weighted by molar-refractivity contribution is 0.123.